The van der Waals surface area contributed by atoms with Crippen LogP contribution < -0.4 is 5.32 Å². The maximum Gasteiger partial charge on any atom is 0.224 e. The highest BCUT2D eigenvalue weighted by Gasteiger charge is 2.33. The summed E-state index contributed by atoms with van der Waals surface area (Å²) in [6.07, 6.45) is 6.84. The summed E-state index contributed by atoms with van der Waals surface area (Å²) >= 11 is 0. The number of nitrogens with zero attached hydrogens (tertiary/aromatic N) is 1. The maximum atomic E-state index is 12.3. The molecule has 4 nitrogen and oxygen atoms in total. The van der Waals surface area contributed by atoms with Crippen molar-refractivity contribution in [2.45, 2.75) is 64.0 Å². The van der Waals surface area contributed by atoms with Gasteiger partial charge in [-0.15, -0.1) is 0 Å². The van der Waals surface area contributed by atoms with Crippen molar-refractivity contribution in [1.29, 1.82) is 0 Å². The lowest BCUT2D eigenvalue weighted by Gasteiger charge is -2.37. The molecular weight excluding hydrogens is 240 g/mol. The lowest BCUT2D eigenvalue weighted by molar-refractivity contribution is -0.132. The molecule has 1 amide bonds. The quantitative estimate of drug-likeness (QED) is 0.771. The second-order valence-electron chi connectivity index (χ2n) is 6.00. The van der Waals surface area contributed by atoms with Crippen LogP contribution in [0.2, 0.25) is 0 Å². The molecule has 0 heterocycles. The molecule has 19 heavy (non-hydrogen) atoms. The Morgan fingerprint density at radius 1 is 1.32 bits per heavy atom. The third-order valence-electron chi connectivity index (χ3n) is 4.13. The van der Waals surface area contributed by atoms with Crippen molar-refractivity contribution in [2.24, 2.45) is 0 Å². The fourth-order valence-electron chi connectivity index (χ4n) is 2.72. The first-order valence-electron chi connectivity index (χ1n) is 7.53. The van der Waals surface area contributed by atoms with E-state index < -0.39 is 0 Å². The average Bonchev–Trinajstić information content (AvgIpc) is 2.39. The van der Waals surface area contributed by atoms with E-state index in [1.54, 1.807) is 4.90 Å². The van der Waals surface area contributed by atoms with E-state index in [0.717, 1.165) is 12.8 Å². The summed E-state index contributed by atoms with van der Waals surface area (Å²) in [5.74, 6) is 0.226. The number of carbonyl (C=O) groups is 1. The van der Waals surface area contributed by atoms with Crippen LogP contribution in [-0.4, -0.2) is 49.7 Å². The molecule has 1 fully saturated rings. The van der Waals surface area contributed by atoms with Gasteiger partial charge in [-0.1, -0.05) is 19.3 Å². The van der Waals surface area contributed by atoms with E-state index in [9.17, 15) is 4.79 Å². The first-order chi connectivity index (χ1) is 8.99. The van der Waals surface area contributed by atoms with Crippen molar-refractivity contribution in [3.05, 3.63) is 0 Å². The molecule has 0 aromatic carbocycles. The van der Waals surface area contributed by atoms with Gasteiger partial charge in [0.05, 0.1) is 12.7 Å². The molecule has 1 aliphatic carbocycles. The third-order valence-corrected chi connectivity index (χ3v) is 4.13. The molecule has 0 atom stereocenters. The highest BCUT2D eigenvalue weighted by Crippen LogP contribution is 2.31. The second kappa shape index (κ2) is 7.85. The Labute approximate surface area is 117 Å². The van der Waals surface area contributed by atoms with Gasteiger partial charge in [-0.05, 0) is 33.7 Å². The zero-order valence-corrected chi connectivity index (χ0v) is 13.0. The van der Waals surface area contributed by atoms with Gasteiger partial charge < -0.3 is 15.0 Å². The van der Waals surface area contributed by atoms with Gasteiger partial charge in [-0.2, -0.15) is 0 Å². The lowest BCUT2D eigenvalue weighted by Crippen LogP contribution is -2.48. The summed E-state index contributed by atoms with van der Waals surface area (Å²) in [5, 5.41) is 3.40. The molecule has 0 aromatic rings. The van der Waals surface area contributed by atoms with Crippen molar-refractivity contribution in [1.82, 2.24) is 10.2 Å². The number of ether oxygens (including phenoxy) is 1. The number of likely N-dealkylation sites (N-methyl/N-ethyl adjacent to an activating group) is 1. The SMILES string of the molecule is CNC1(CC(=O)N(C)CCOC(C)C)CCCCC1. The zero-order chi connectivity index (χ0) is 14.3. The molecule has 1 rings (SSSR count). The molecule has 0 aromatic heterocycles. The summed E-state index contributed by atoms with van der Waals surface area (Å²) in [5.41, 5.74) is 0.0303. The Bertz CT molecular complexity index is 273. The number of nitrogens with one attached hydrogen (secondary N) is 1. The van der Waals surface area contributed by atoms with Gasteiger partial charge >= 0.3 is 0 Å². The molecule has 0 spiro atoms. The predicted octanol–water partition coefficient (Wildman–Crippen LogP) is 2.18. The van der Waals surface area contributed by atoms with Crippen LogP contribution in [0.5, 0.6) is 0 Å². The minimum atomic E-state index is 0.0303. The first-order valence-corrected chi connectivity index (χ1v) is 7.53. The van der Waals surface area contributed by atoms with Gasteiger partial charge in [0.25, 0.3) is 0 Å². The van der Waals surface area contributed by atoms with Gasteiger partial charge in [0, 0.05) is 25.6 Å². The standard InChI is InChI=1S/C15H30N2O2/c1-13(2)19-11-10-17(4)14(18)12-15(16-3)8-6-5-7-9-15/h13,16H,5-12H2,1-4H3. The highest BCUT2D eigenvalue weighted by atomic mass is 16.5. The van der Waals surface area contributed by atoms with Gasteiger partial charge in [-0.25, -0.2) is 0 Å². The Hall–Kier alpha value is -0.610. The first kappa shape index (κ1) is 16.4. The summed E-state index contributed by atoms with van der Waals surface area (Å²) < 4.78 is 5.49. The fraction of sp³-hybridized carbons (Fsp3) is 0.933. The van der Waals surface area contributed by atoms with Crippen LogP contribution in [0, 0.1) is 0 Å². The highest BCUT2D eigenvalue weighted by molar-refractivity contribution is 5.77. The number of hydrogen-bond donors (Lipinski definition) is 1. The average molecular weight is 270 g/mol. The van der Waals surface area contributed by atoms with Crippen LogP contribution in [0.15, 0.2) is 0 Å². The fourth-order valence-corrected chi connectivity index (χ4v) is 2.72. The molecular formula is C15H30N2O2. The van der Waals surface area contributed by atoms with Gasteiger partial charge in [0.1, 0.15) is 0 Å². The van der Waals surface area contributed by atoms with Crippen LogP contribution in [0.1, 0.15) is 52.4 Å². The van der Waals surface area contributed by atoms with Gasteiger partial charge in [0.2, 0.25) is 5.91 Å². The minimum absolute atomic E-state index is 0.0303. The third kappa shape index (κ3) is 5.49. The Morgan fingerprint density at radius 3 is 2.47 bits per heavy atom. The molecule has 0 radical (unpaired) electrons. The topological polar surface area (TPSA) is 41.6 Å². The second-order valence-corrected chi connectivity index (χ2v) is 6.00. The van der Waals surface area contributed by atoms with E-state index in [4.69, 9.17) is 4.74 Å². The van der Waals surface area contributed by atoms with E-state index in [1.807, 2.05) is 27.9 Å². The molecule has 0 bridgehead atoms. The van der Waals surface area contributed by atoms with Crippen molar-refractivity contribution in [3.63, 3.8) is 0 Å². The smallest absolute Gasteiger partial charge is 0.224 e. The molecule has 112 valence electrons. The summed E-state index contributed by atoms with van der Waals surface area (Å²) in [7, 11) is 3.86. The number of rotatable bonds is 7. The molecule has 1 N–H and O–H groups in total. The van der Waals surface area contributed by atoms with Crippen molar-refractivity contribution < 1.29 is 9.53 Å². The van der Waals surface area contributed by atoms with Crippen molar-refractivity contribution in [3.8, 4) is 0 Å². The maximum absolute atomic E-state index is 12.3. The molecule has 0 unspecified atom stereocenters. The van der Waals surface area contributed by atoms with Gasteiger partial charge in [-0.3, -0.25) is 4.79 Å². The lowest BCUT2D eigenvalue weighted by atomic mass is 9.79. The largest absolute Gasteiger partial charge is 0.377 e. The molecule has 4 heteroatoms. The molecule has 1 saturated carbocycles. The van der Waals surface area contributed by atoms with Crippen molar-refractivity contribution >= 4 is 5.91 Å². The summed E-state index contributed by atoms with van der Waals surface area (Å²) in [4.78, 5) is 14.1. The molecule has 0 aliphatic heterocycles. The molecule has 0 saturated heterocycles. The van der Waals surface area contributed by atoms with E-state index in [1.165, 1.54) is 19.3 Å². The van der Waals surface area contributed by atoms with Crippen molar-refractivity contribution in [2.75, 3.05) is 27.2 Å². The zero-order valence-electron chi connectivity index (χ0n) is 13.0. The van der Waals surface area contributed by atoms with Crippen LogP contribution in [0.3, 0.4) is 0 Å². The van der Waals surface area contributed by atoms with Crippen LogP contribution in [-0.2, 0) is 9.53 Å². The number of amides is 1. The Kier molecular flexibility index (Phi) is 6.80. The molecule has 1 aliphatic rings. The number of carbonyl (C=O) groups excluding carboxylic acids is 1. The predicted molar refractivity (Wildman–Crippen MR) is 78.2 cm³/mol. The summed E-state index contributed by atoms with van der Waals surface area (Å²) in [6.45, 7) is 5.32. The van der Waals surface area contributed by atoms with E-state index in [-0.39, 0.29) is 17.6 Å². The van der Waals surface area contributed by atoms with Crippen LogP contribution in [0.4, 0.5) is 0 Å². The van der Waals surface area contributed by atoms with E-state index in [2.05, 4.69) is 5.32 Å². The van der Waals surface area contributed by atoms with E-state index in [0.29, 0.717) is 19.6 Å². The number of hydrogen-bond acceptors (Lipinski definition) is 3. The minimum Gasteiger partial charge on any atom is -0.377 e. The Balaban J connectivity index is 2.39. The van der Waals surface area contributed by atoms with E-state index >= 15 is 0 Å². The monoisotopic (exact) mass is 270 g/mol. The van der Waals surface area contributed by atoms with Crippen LogP contribution in [0.25, 0.3) is 0 Å². The summed E-state index contributed by atoms with van der Waals surface area (Å²) in [6, 6.07) is 0. The van der Waals surface area contributed by atoms with Crippen LogP contribution >= 0.6 is 0 Å². The Morgan fingerprint density at radius 2 is 1.95 bits per heavy atom. The normalized spacial score (nSPS) is 18.6. The van der Waals surface area contributed by atoms with Gasteiger partial charge in [0.15, 0.2) is 0 Å².